The molecule has 0 aromatic carbocycles. The molecule has 1 saturated heterocycles. The first kappa shape index (κ1) is 13.5. The Bertz CT molecular complexity index is 457. The van der Waals surface area contributed by atoms with Gasteiger partial charge in [0.05, 0.1) is 17.8 Å². The Morgan fingerprint density at radius 1 is 1.32 bits per heavy atom. The summed E-state index contributed by atoms with van der Waals surface area (Å²) >= 11 is 0. The lowest BCUT2D eigenvalue weighted by Crippen LogP contribution is -2.49. The van der Waals surface area contributed by atoms with Crippen LogP contribution in [0.2, 0.25) is 0 Å². The SMILES string of the molecule is Cc1n[nH]c(C)c1C(=O)NCC(=O)N1CCNCC1. The first-order valence-corrected chi connectivity index (χ1v) is 6.38. The van der Waals surface area contributed by atoms with Gasteiger partial charge in [0.25, 0.3) is 5.91 Å². The Balaban J connectivity index is 1.88. The van der Waals surface area contributed by atoms with E-state index < -0.39 is 0 Å². The maximum absolute atomic E-state index is 12.0. The Labute approximate surface area is 111 Å². The van der Waals surface area contributed by atoms with Crippen LogP contribution < -0.4 is 10.6 Å². The van der Waals surface area contributed by atoms with E-state index in [0.29, 0.717) is 30.0 Å². The van der Waals surface area contributed by atoms with Gasteiger partial charge >= 0.3 is 0 Å². The van der Waals surface area contributed by atoms with Gasteiger partial charge in [-0.3, -0.25) is 14.7 Å². The number of carbonyl (C=O) groups excluding carboxylic acids is 2. The number of nitrogens with one attached hydrogen (secondary N) is 3. The Kier molecular flexibility index (Phi) is 4.16. The highest BCUT2D eigenvalue weighted by atomic mass is 16.2. The number of nitrogens with zero attached hydrogens (tertiary/aromatic N) is 2. The lowest BCUT2D eigenvalue weighted by atomic mass is 10.2. The zero-order valence-electron chi connectivity index (χ0n) is 11.2. The normalized spacial score (nSPS) is 15.4. The largest absolute Gasteiger partial charge is 0.343 e. The number of aryl methyl sites for hydroxylation is 2. The zero-order valence-corrected chi connectivity index (χ0v) is 11.2. The number of hydrogen-bond donors (Lipinski definition) is 3. The van der Waals surface area contributed by atoms with Crippen LogP contribution in [-0.4, -0.2) is 59.6 Å². The molecule has 3 N–H and O–H groups in total. The van der Waals surface area contributed by atoms with Gasteiger partial charge in [-0.15, -0.1) is 0 Å². The number of rotatable bonds is 3. The van der Waals surface area contributed by atoms with E-state index in [4.69, 9.17) is 0 Å². The molecule has 2 amide bonds. The molecular formula is C12H19N5O2. The monoisotopic (exact) mass is 265 g/mol. The molecule has 0 saturated carbocycles. The van der Waals surface area contributed by atoms with Crippen molar-refractivity contribution in [3.8, 4) is 0 Å². The molecule has 0 radical (unpaired) electrons. The minimum atomic E-state index is -0.257. The smallest absolute Gasteiger partial charge is 0.255 e. The third-order valence-electron chi connectivity index (χ3n) is 3.23. The minimum Gasteiger partial charge on any atom is -0.343 e. The van der Waals surface area contributed by atoms with Gasteiger partial charge < -0.3 is 15.5 Å². The Morgan fingerprint density at radius 3 is 2.58 bits per heavy atom. The molecule has 104 valence electrons. The summed E-state index contributed by atoms with van der Waals surface area (Å²) < 4.78 is 0. The molecule has 7 nitrogen and oxygen atoms in total. The lowest BCUT2D eigenvalue weighted by molar-refractivity contribution is -0.130. The molecule has 0 aliphatic carbocycles. The van der Waals surface area contributed by atoms with Gasteiger partial charge in [-0.25, -0.2) is 0 Å². The third-order valence-corrected chi connectivity index (χ3v) is 3.23. The summed E-state index contributed by atoms with van der Waals surface area (Å²) in [6, 6.07) is 0. The molecule has 1 fully saturated rings. The Morgan fingerprint density at radius 2 is 2.00 bits per heavy atom. The average Bonchev–Trinajstić information content (AvgIpc) is 2.76. The van der Waals surface area contributed by atoms with Crippen molar-refractivity contribution in [2.24, 2.45) is 0 Å². The quantitative estimate of drug-likeness (QED) is 0.666. The summed E-state index contributed by atoms with van der Waals surface area (Å²) in [5.74, 6) is -0.305. The van der Waals surface area contributed by atoms with Gasteiger partial charge in [0, 0.05) is 31.9 Å². The van der Waals surface area contributed by atoms with Crippen molar-refractivity contribution in [2.45, 2.75) is 13.8 Å². The molecule has 1 aromatic heterocycles. The van der Waals surface area contributed by atoms with Crippen molar-refractivity contribution < 1.29 is 9.59 Å². The van der Waals surface area contributed by atoms with Gasteiger partial charge in [0.15, 0.2) is 0 Å². The van der Waals surface area contributed by atoms with Crippen LogP contribution >= 0.6 is 0 Å². The van der Waals surface area contributed by atoms with Crippen molar-refractivity contribution in [1.82, 2.24) is 25.7 Å². The maximum atomic E-state index is 12.0. The van der Waals surface area contributed by atoms with Gasteiger partial charge in [0.2, 0.25) is 5.91 Å². The summed E-state index contributed by atoms with van der Waals surface area (Å²) in [5, 5.41) is 12.6. The van der Waals surface area contributed by atoms with Crippen LogP contribution in [0, 0.1) is 13.8 Å². The van der Waals surface area contributed by atoms with E-state index in [2.05, 4.69) is 20.8 Å². The number of carbonyl (C=O) groups is 2. The van der Waals surface area contributed by atoms with E-state index >= 15 is 0 Å². The fourth-order valence-electron chi connectivity index (χ4n) is 2.16. The molecule has 1 aromatic rings. The first-order valence-electron chi connectivity index (χ1n) is 6.38. The van der Waals surface area contributed by atoms with Gasteiger partial charge in [-0.2, -0.15) is 5.10 Å². The van der Waals surface area contributed by atoms with Crippen LogP contribution in [0.1, 0.15) is 21.7 Å². The molecule has 0 bridgehead atoms. The molecule has 0 unspecified atom stereocenters. The summed E-state index contributed by atoms with van der Waals surface area (Å²) in [6.45, 7) is 6.57. The molecular weight excluding hydrogens is 246 g/mol. The first-order chi connectivity index (χ1) is 9.09. The van der Waals surface area contributed by atoms with Crippen molar-refractivity contribution in [3.63, 3.8) is 0 Å². The Hall–Kier alpha value is -1.89. The molecule has 19 heavy (non-hydrogen) atoms. The molecule has 1 aliphatic heterocycles. The van der Waals surface area contributed by atoms with Crippen LogP contribution in [0.4, 0.5) is 0 Å². The number of H-pyrrole nitrogens is 1. The third kappa shape index (κ3) is 3.11. The van der Waals surface area contributed by atoms with Crippen LogP contribution in [-0.2, 0) is 4.79 Å². The highest BCUT2D eigenvalue weighted by molar-refractivity contribution is 5.98. The lowest BCUT2D eigenvalue weighted by Gasteiger charge is -2.27. The van der Waals surface area contributed by atoms with Gasteiger partial charge in [-0.1, -0.05) is 0 Å². The summed E-state index contributed by atoms with van der Waals surface area (Å²) in [4.78, 5) is 25.6. The number of amides is 2. The van der Waals surface area contributed by atoms with Gasteiger partial charge in [0.1, 0.15) is 0 Å². The van der Waals surface area contributed by atoms with Crippen molar-refractivity contribution >= 4 is 11.8 Å². The van der Waals surface area contributed by atoms with Crippen LogP contribution in [0.3, 0.4) is 0 Å². The summed E-state index contributed by atoms with van der Waals surface area (Å²) in [6.07, 6.45) is 0. The van der Waals surface area contributed by atoms with E-state index in [1.807, 2.05) is 0 Å². The second kappa shape index (κ2) is 5.83. The highest BCUT2D eigenvalue weighted by Gasteiger charge is 2.19. The summed E-state index contributed by atoms with van der Waals surface area (Å²) in [5.41, 5.74) is 1.88. The van der Waals surface area contributed by atoms with E-state index in [1.165, 1.54) is 0 Å². The number of aromatic amines is 1. The molecule has 2 rings (SSSR count). The van der Waals surface area contributed by atoms with Crippen LogP contribution in [0.25, 0.3) is 0 Å². The molecule has 7 heteroatoms. The van der Waals surface area contributed by atoms with Crippen LogP contribution in [0.5, 0.6) is 0 Å². The second-order valence-corrected chi connectivity index (χ2v) is 4.62. The summed E-state index contributed by atoms with van der Waals surface area (Å²) in [7, 11) is 0. The number of aromatic nitrogens is 2. The highest BCUT2D eigenvalue weighted by Crippen LogP contribution is 2.08. The molecule has 2 heterocycles. The second-order valence-electron chi connectivity index (χ2n) is 4.62. The average molecular weight is 265 g/mol. The maximum Gasteiger partial charge on any atom is 0.255 e. The van der Waals surface area contributed by atoms with E-state index in [-0.39, 0.29) is 18.4 Å². The van der Waals surface area contributed by atoms with E-state index in [1.54, 1.807) is 18.7 Å². The zero-order chi connectivity index (χ0) is 13.8. The number of hydrogen-bond acceptors (Lipinski definition) is 4. The van der Waals surface area contributed by atoms with Crippen molar-refractivity contribution in [1.29, 1.82) is 0 Å². The van der Waals surface area contributed by atoms with Gasteiger partial charge in [-0.05, 0) is 13.8 Å². The fourth-order valence-corrected chi connectivity index (χ4v) is 2.16. The molecule has 1 aliphatic rings. The number of piperazine rings is 1. The van der Waals surface area contributed by atoms with E-state index in [9.17, 15) is 9.59 Å². The minimum absolute atomic E-state index is 0.0306. The fraction of sp³-hybridized carbons (Fsp3) is 0.583. The van der Waals surface area contributed by atoms with Crippen molar-refractivity contribution in [3.05, 3.63) is 17.0 Å². The predicted octanol–water partition coefficient (Wildman–Crippen LogP) is -0.812. The molecule has 0 atom stereocenters. The van der Waals surface area contributed by atoms with E-state index in [0.717, 1.165) is 13.1 Å². The standard InChI is InChI=1S/C12H19N5O2/c1-8-11(9(2)16-15-8)12(19)14-7-10(18)17-5-3-13-4-6-17/h13H,3-7H2,1-2H3,(H,14,19)(H,15,16). The topological polar surface area (TPSA) is 90.1 Å². The van der Waals surface area contributed by atoms with Crippen LogP contribution in [0.15, 0.2) is 0 Å². The molecule has 0 spiro atoms. The predicted molar refractivity (Wildman–Crippen MR) is 69.8 cm³/mol. The van der Waals surface area contributed by atoms with Crippen molar-refractivity contribution in [2.75, 3.05) is 32.7 Å².